The molecule has 2 aliphatic rings. The van der Waals surface area contributed by atoms with Gasteiger partial charge in [-0.15, -0.1) is 0 Å². The molecule has 24 heavy (non-hydrogen) atoms. The van der Waals surface area contributed by atoms with Crippen molar-refractivity contribution in [3.63, 3.8) is 0 Å². The summed E-state index contributed by atoms with van der Waals surface area (Å²) in [5, 5.41) is 3.05. The summed E-state index contributed by atoms with van der Waals surface area (Å²) in [7, 11) is 1.84. The predicted molar refractivity (Wildman–Crippen MR) is 92.5 cm³/mol. The fourth-order valence-corrected chi connectivity index (χ4v) is 3.66. The highest BCUT2D eigenvalue weighted by Gasteiger charge is 2.31. The average molecular weight is 330 g/mol. The van der Waals surface area contributed by atoms with E-state index in [1.54, 1.807) is 11.1 Å². The third-order valence-corrected chi connectivity index (χ3v) is 5.00. The highest BCUT2D eigenvalue weighted by atomic mass is 16.2. The molecule has 0 aromatic carbocycles. The number of likely N-dealkylation sites (tertiary alicyclic amines) is 2. The van der Waals surface area contributed by atoms with Crippen LogP contribution in [0.4, 0.5) is 5.82 Å². The van der Waals surface area contributed by atoms with Crippen molar-refractivity contribution in [3.05, 3.63) is 23.9 Å². The number of amides is 2. The number of anilines is 1. The molecule has 1 N–H and O–H groups in total. The number of nitrogens with zero attached hydrogens (tertiary/aromatic N) is 3. The van der Waals surface area contributed by atoms with E-state index >= 15 is 0 Å². The molecule has 0 saturated carbocycles. The van der Waals surface area contributed by atoms with E-state index in [2.05, 4.69) is 10.3 Å². The van der Waals surface area contributed by atoms with Crippen LogP contribution in [0.2, 0.25) is 0 Å². The summed E-state index contributed by atoms with van der Waals surface area (Å²) in [6.45, 7) is 1.70. The minimum Gasteiger partial charge on any atom is -0.373 e. The molecule has 2 saturated heterocycles. The number of rotatable bonds is 4. The van der Waals surface area contributed by atoms with Crippen molar-refractivity contribution in [2.75, 3.05) is 32.0 Å². The van der Waals surface area contributed by atoms with Gasteiger partial charge in [0.2, 0.25) is 11.8 Å². The molecule has 6 nitrogen and oxygen atoms in total. The summed E-state index contributed by atoms with van der Waals surface area (Å²) in [4.78, 5) is 32.9. The summed E-state index contributed by atoms with van der Waals surface area (Å²) < 4.78 is 0. The molecule has 1 aromatic heterocycles. The molecule has 0 radical (unpaired) electrons. The highest BCUT2D eigenvalue weighted by molar-refractivity contribution is 5.85. The zero-order valence-corrected chi connectivity index (χ0v) is 14.3. The van der Waals surface area contributed by atoms with Crippen molar-refractivity contribution in [1.82, 2.24) is 14.8 Å². The van der Waals surface area contributed by atoms with Crippen molar-refractivity contribution in [2.45, 2.75) is 44.6 Å². The highest BCUT2D eigenvalue weighted by Crippen LogP contribution is 2.32. The van der Waals surface area contributed by atoms with Gasteiger partial charge in [-0.2, -0.15) is 0 Å². The standard InChI is InChI=1S/C18H26N4O2/c1-19-16-12-14(8-9-20-16)15-6-5-11-22(15)18(24)13-21-10-4-2-3-7-17(21)23/h8-9,12,15H,2-7,10-11,13H2,1H3,(H,19,20). The second kappa shape index (κ2) is 7.64. The zero-order valence-electron chi connectivity index (χ0n) is 14.3. The molecule has 2 aliphatic heterocycles. The van der Waals surface area contributed by atoms with E-state index in [4.69, 9.17) is 0 Å². The topological polar surface area (TPSA) is 65.5 Å². The number of hydrogen-bond acceptors (Lipinski definition) is 4. The summed E-state index contributed by atoms with van der Waals surface area (Å²) in [5.74, 6) is 1.00. The lowest BCUT2D eigenvalue weighted by atomic mass is 10.1. The SMILES string of the molecule is CNc1cc(C2CCCN2C(=O)CN2CCCCCC2=O)ccn1. The van der Waals surface area contributed by atoms with Crippen LogP contribution < -0.4 is 5.32 Å². The van der Waals surface area contributed by atoms with E-state index in [0.29, 0.717) is 13.0 Å². The lowest BCUT2D eigenvalue weighted by Crippen LogP contribution is -2.42. The summed E-state index contributed by atoms with van der Waals surface area (Å²) in [6, 6.07) is 4.08. The molecule has 1 atom stereocenters. The van der Waals surface area contributed by atoms with Crippen molar-refractivity contribution < 1.29 is 9.59 Å². The van der Waals surface area contributed by atoms with Crippen molar-refractivity contribution >= 4 is 17.6 Å². The maximum Gasteiger partial charge on any atom is 0.242 e. The Morgan fingerprint density at radius 3 is 3.00 bits per heavy atom. The Balaban J connectivity index is 1.70. The van der Waals surface area contributed by atoms with Gasteiger partial charge >= 0.3 is 0 Å². The normalized spacial score (nSPS) is 21.7. The molecule has 0 aliphatic carbocycles. The fourth-order valence-electron chi connectivity index (χ4n) is 3.66. The smallest absolute Gasteiger partial charge is 0.242 e. The molecule has 3 rings (SSSR count). The predicted octanol–water partition coefficient (Wildman–Crippen LogP) is 2.19. The molecular weight excluding hydrogens is 304 g/mol. The molecule has 2 fully saturated rings. The lowest BCUT2D eigenvalue weighted by Gasteiger charge is -2.28. The van der Waals surface area contributed by atoms with E-state index in [-0.39, 0.29) is 24.4 Å². The largest absolute Gasteiger partial charge is 0.373 e. The van der Waals surface area contributed by atoms with Crippen LogP contribution in [0.5, 0.6) is 0 Å². The quantitative estimate of drug-likeness (QED) is 0.919. The van der Waals surface area contributed by atoms with Crippen molar-refractivity contribution in [3.8, 4) is 0 Å². The maximum atomic E-state index is 12.8. The maximum absolute atomic E-state index is 12.8. The van der Waals surface area contributed by atoms with Gasteiger partial charge in [0.05, 0.1) is 12.6 Å². The van der Waals surface area contributed by atoms with Crippen LogP contribution in [0.3, 0.4) is 0 Å². The second-order valence-corrected chi connectivity index (χ2v) is 6.60. The van der Waals surface area contributed by atoms with E-state index in [9.17, 15) is 9.59 Å². The number of hydrogen-bond donors (Lipinski definition) is 1. The average Bonchev–Trinajstić information content (AvgIpc) is 3.01. The monoisotopic (exact) mass is 330 g/mol. The number of nitrogens with one attached hydrogen (secondary N) is 1. The summed E-state index contributed by atoms with van der Waals surface area (Å²) in [5.41, 5.74) is 1.11. The molecule has 2 amide bonds. The molecule has 1 aromatic rings. The molecule has 1 unspecified atom stereocenters. The van der Waals surface area contributed by atoms with Gasteiger partial charge in [0.15, 0.2) is 0 Å². The van der Waals surface area contributed by atoms with E-state index in [1.165, 1.54) is 0 Å². The Morgan fingerprint density at radius 2 is 2.17 bits per heavy atom. The van der Waals surface area contributed by atoms with Crippen LogP contribution in [-0.2, 0) is 9.59 Å². The van der Waals surface area contributed by atoms with E-state index in [1.807, 2.05) is 24.1 Å². The van der Waals surface area contributed by atoms with Crippen molar-refractivity contribution in [1.29, 1.82) is 0 Å². The number of pyridine rings is 1. The Morgan fingerprint density at radius 1 is 1.29 bits per heavy atom. The van der Waals surface area contributed by atoms with Crippen LogP contribution in [0.25, 0.3) is 0 Å². The van der Waals surface area contributed by atoms with Crippen molar-refractivity contribution in [2.24, 2.45) is 0 Å². The van der Waals surface area contributed by atoms with Gasteiger partial charge in [-0.1, -0.05) is 6.42 Å². The van der Waals surface area contributed by atoms with Crippen LogP contribution in [-0.4, -0.2) is 53.3 Å². The molecule has 0 spiro atoms. The first kappa shape index (κ1) is 16.7. The Kier molecular flexibility index (Phi) is 5.33. The van der Waals surface area contributed by atoms with Crippen LogP contribution in [0.15, 0.2) is 18.3 Å². The van der Waals surface area contributed by atoms with Gasteiger partial charge in [-0.05, 0) is 43.4 Å². The number of carbonyl (C=O) groups is 2. The van der Waals surface area contributed by atoms with Gasteiger partial charge in [-0.25, -0.2) is 4.98 Å². The van der Waals surface area contributed by atoms with Crippen LogP contribution in [0.1, 0.15) is 50.1 Å². The Labute approximate surface area is 143 Å². The summed E-state index contributed by atoms with van der Waals surface area (Å²) >= 11 is 0. The first-order valence-corrected chi connectivity index (χ1v) is 8.90. The van der Waals surface area contributed by atoms with Gasteiger partial charge in [-0.3, -0.25) is 9.59 Å². The molecule has 3 heterocycles. The number of aromatic nitrogens is 1. The molecule has 0 bridgehead atoms. The van der Waals surface area contributed by atoms with Gasteiger partial charge < -0.3 is 15.1 Å². The molecule has 130 valence electrons. The first-order valence-electron chi connectivity index (χ1n) is 8.90. The van der Waals surface area contributed by atoms with Crippen LogP contribution >= 0.6 is 0 Å². The fraction of sp³-hybridized carbons (Fsp3) is 0.611. The van der Waals surface area contributed by atoms with Gasteiger partial charge in [0.1, 0.15) is 5.82 Å². The first-order chi connectivity index (χ1) is 11.7. The number of carbonyl (C=O) groups excluding carboxylic acids is 2. The Hall–Kier alpha value is -2.11. The minimum absolute atomic E-state index is 0.0653. The van der Waals surface area contributed by atoms with Gasteiger partial charge in [0.25, 0.3) is 0 Å². The molecular formula is C18H26N4O2. The second-order valence-electron chi connectivity index (χ2n) is 6.60. The third kappa shape index (κ3) is 3.68. The summed E-state index contributed by atoms with van der Waals surface area (Å²) in [6.07, 6.45) is 7.34. The van der Waals surface area contributed by atoms with E-state index < -0.39 is 0 Å². The molecule has 6 heteroatoms. The minimum atomic E-state index is 0.0653. The Bertz CT molecular complexity index is 604. The van der Waals surface area contributed by atoms with Crippen LogP contribution in [0, 0.1) is 0 Å². The lowest BCUT2D eigenvalue weighted by molar-refractivity contribution is -0.140. The van der Waals surface area contributed by atoms with Gasteiger partial charge in [0, 0.05) is 32.8 Å². The van der Waals surface area contributed by atoms with E-state index in [0.717, 1.165) is 50.0 Å². The zero-order chi connectivity index (χ0) is 16.9. The third-order valence-electron chi connectivity index (χ3n) is 5.00.